The lowest BCUT2D eigenvalue weighted by molar-refractivity contribution is -0.0612. The first kappa shape index (κ1) is 14.4. The molecule has 3 nitrogen and oxygen atoms in total. The molecule has 1 saturated carbocycles. The molecule has 3 rings (SSSR count). The number of nitrogens with two attached hydrogens (primary N) is 1. The van der Waals surface area contributed by atoms with Crippen molar-refractivity contribution in [2.24, 2.45) is 11.7 Å². The Morgan fingerprint density at radius 3 is 3.00 bits per heavy atom. The van der Waals surface area contributed by atoms with E-state index in [9.17, 15) is 5.11 Å². The summed E-state index contributed by atoms with van der Waals surface area (Å²) in [4.78, 5) is 2.42. The number of hydrogen-bond donors (Lipinski definition) is 2. The van der Waals surface area contributed by atoms with E-state index in [0.29, 0.717) is 12.5 Å². The molecule has 0 aromatic heterocycles. The molecule has 1 aliphatic carbocycles. The van der Waals surface area contributed by atoms with Gasteiger partial charge in [-0.05, 0) is 43.0 Å². The first-order chi connectivity index (χ1) is 9.62. The van der Waals surface area contributed by atoms with E-state index >= 15 is 0 Å². The van der Waals surface area contributed by atoms with Crippen molar-refractivity contribution in [3.63, 3.8) is 0 Å². The van der Waals surface area contributed by atoms with Gasteiger partial charge in [0.1, 0.15) is 0 Å². The quantitative estimate of drug-likeness (QED) is 0.871. The van der Waals surface area contributed by atoms with Crippen molar-refractivity contribution in [3.05, 3.63) is 28.2 Å². The van der Waals surface area contributed by atoms with Gasteiger partial charge in [0.05, 0.1) is 5.60 Å². The second kappa shape index (κ2) is 5.66. The van der Waals surface area contributed by atoms with Crippen LogP contribution in [0, 0.1) is 5.92 Å². The van der Waals surface area contributed by atoms with Crippen molar-refractivity contribution in [2.75, 3.05) is 18.0 Å². The van der Waals surface area contributed by atoms with E-state index in [2.05, 4.69) is 39.0 Å². The van der Waals surface area contributed by atoms with Gasteiger partial charge in [0.2, 0.25) is 0 Å². The number of anilines is 1. The van der Waals surface area contributed by atoms with E-state index in [1.54, 1.807) is 0 Å². The Balaban J connectivity index is 1.82. The fourth-order valence-corrected chi connectivity index (χ4v) is 4.22. The molecule has 2 fully saturated rings. The Bertz CT molecular complexity index is 493. The average Bonchev–Trinajstić information content (AvgIpc) is 2.46. The summed E-state index contributed by atoms with van der Waals surface area (Å²) in [6.07, 6.45) is 5.46. The minimum absolute atomic E-state index is 0.410. The van der Waals surface area contributed by atoms with E-state index in [1.165, 1.54) is 24.1 Å². The third-order valence-corrected chi connectivity index (χ3v) is 5.52. The van der Waals surface area contributed by atoms with Crippen molar-refractivity contribution in [1.82, 2.24) is 0 Å². The second-order valence-electron chi connectivity index (χ2n) is 6.22. The van der Waals surface area contributed by atoms with Gasteiger partial charge in [-0.15, -0.1) is 0 Å². The van der Waals surface area contributed by atoms with Gasteiger partial charge in [-0.25, -0.2) is 0 Å². The van der Waals surface area contributed by atoms with E-state index < -0.39 is 5.60 Å². The summed E-state index contributed by atoms with van der Waals surface area (Å²) in [5.74, 6) is 0.416. The highest BCUT2D eigenvalue weighted by molar-refractivity contribution is 9.10. The van der Waals surface area contributed by atoms with Crippen LogP contribution in [0.3, 0.4) is 0 Å². The number of halogens is 1. The molecule has 0 amide bonds. The number of nitrogens with zero attached hydrogens (tertiary/aromatic N) is 1. The summed E-state index contributed by atoms with van der Waals surface area (Å²) in [6, 6.07) is 6.34. The number of fused-ring (bicyclic) bond motifs is 1. The minimum Gasteiger partial charge on any atom is -0.389 e. The summed E-state index contributed by atoms with van der Waals surface area (Å²) < 4.78 is 1.08. The van der Waals surface area contributed by atoms with Gasteiger partial charge in [-0.1, -0.05) is 28.8 Å². The molecule has 1 saturated heterocycles. The predicted octanol–water partition coefficient (Wildman–Crippen LogP) is 3.04. The zero-order valence-electron chi connectivity index (χ0n) is 11.8. The zero-order valence-corrected chi connectivity index (χ0v) is 13.4. The smallest absolute Gasteiger partial charge is 0.0709 e. The normalized spacial score (nSPS) is 30.1. The SMILES string of the molecule is NCc1cc(Br)ccc1N1CCC2(O)CCCCC2C1. The Hall–Kier alpha value is -0.580. The van der Waals surface area contributed by atoms with Gasteiger partial charge in [-0.3, -0.25) is 0 Å². The van der Waals surface area contributed by atoms with Crippen LogP contribution < -0.4 is 10.6 Å². The lowest BCUT2D eigenvalue weighted by Gasteiger charge is -2.48. The molecule has 1 aromatic carbocycles. The van der Waals surface area contributed by atoms with Gasteiger partial charge in [-0.2, -0.15) is 0 Å². The molecule has 2 aliphatic rings. The molecule has 2 atom stereocenters. The van der Waals surface area contributed by atoms with Gasteiger partial charge < -0.3 is 15.7 Å². The van der Waals surface area contributed by atoms with Crippen LogP contribution in [0.2, 0.25) is 0 Å². The Morgan fingerprint density at radius 2 is 2.20 bits per heavy atom. The Kier molecular flexibility index (Phi) is 4.07. The van der Waals surface area contributed by atoms with E-state index in [0.717, 1.165) is 36.8 Å². The van der Waals surface area contributed by atoms with Crippen LogP contribution in [-0.2, 0) is 6.54 Å². The number of piperidine rings is 1. The summed E-state index contributed by atoms with van der Waals surface area (Å²) in [5.41, 5.74) is 7.90. The van der Waals surface area contributed by atoms with Crippen molar-refractivity contribution in [1.29, 1.82) is 0 Å². The van der Waals surface area contributed by atoms with Crippen LogP contribution in [0.4, 0.5) is 5.69 Å². The predicted molar refractivity (Wildman–Crippen MR) is 85.8 cm³/mol. The molecule has 2 unspecified atom stereocenters. The number of hydrogen-bond acceptors (Lipinski definition) is 3. The topological polar surface area (TPSA) is 49.5 Å². The van der Waals surface area contributed by atoms with Crippen molar-refractivity contribution in [2.45, 2.75) is 44.2 Å². The molecule has 0 spiro atoms. The highest BCUT2D eigenvalue weighted by Gasteiger charge is 2.42. The summed E-state index contributed by atoms with van der Waals surface area (Å²) in [7, 11) is 0. The van der Waals surface area contributed by atoms with Gasteiger partial charge in [0.25, 0.3) is 0 Å². The largest absolute Gasteiger partial charge is 0.389 e. The fraction of sp³-hybridized carbons (Fsp3) is 0.625. The molecule has 20 heavy (non-hydrogen) atoms. The molecular formula is C16H23BrN2O. The van der Waals surface area contributed by atoms with Crippen LogP contribution in [0.15, 0.2) is 22.7 Å². The van der Waals surface area contributed by atoms with Crippen LogP contribution in [-0.4, -0.2) is 23.8 Å². The summed E-state index contributed by atoms with van der Waals surface area (Å²) >= 11 is 3.51. The molecule has 1 heterocycles. The van der Waals surface area contributed by atoms with Crippen LogP contribution in [0.5, 0.6) is 0 Å². The van der Waals surface area contributed by atoms with Gasteiger partial charge in [0.15, 0.2) is 0 Å². The first-order valence-corrected chi connectivity index (χ1v) is 8.37. The molecule has 3 N–H and O–H groups in total. The van der Waals surface area contributed by atoms with E-state index in [-0.39, 0.29) is 0 Å². The summed E-state index contributed by atoms with van der Waals surface area (Å²) in [6.45, 7) is 2.45. The third-order valence-electron chi connectivity index (χ3n) is 5.03. The van der Waals surface area contributed by atoms with Crippen LogP contribution in [0.1, 0.15) is 37.7 Å². The second-order valence-corrected chi connectivity index (χ2v) is 7.14. The molecular weight excluding hydrogens is 316 g/mol. The third kappa shape index (κ3) is 2.61. The van der Waals surface area contributed by atoms with E-state index in [1.807, 2.05) is 0 Å². The Morgan fingerprint density at radius 1 is 1.35 bits per heavy atom. The lowest BCUT2D eigenvalue weighted by Crippen LogP contribution is -2.53. The first-order valence-electron chi connectivity index (χ1n) is 7.58. The minimum atomic E-state index is -0.410. The number of rotatable bonds is 2. The standard InChI is InChI=1S/C16H23BrN2O/c17-14-4-5-15(12(9-14)10-18)19-8-7-16(20)6-2-1-3-13(16)11-19/h4-5,9,13,20H,1-3,6-8,10-11,18H2. The Labute approximate surface area is 129 Å². The maximum atomic E-state index is 10.8. The van der Waals surface area contributed by atoms with E-state index in [4.69, 9.17) is 5.73 Å². The fourth-order valence-electron chi connectivity index (χ4n) is 3.82. The maximum Gasteiger partial charge on any atom is 0.0709 e. The molecule has 1 aromatic rings. The highest BCUT2D eigenvalue weighted by atomic mass is 79.9. The van der Waals surface area contributed by atoms with Crippen LogP contribution in [0.25, 0.3) is 0 Å². The molecule has 110 valence electrons. The number of aliphatic hydroxyl groups is 1. The van der Waals surface area contributed by atoms with Gasteiger partial charge >= 0.3 is 0 Å². The zero-order chi connectivity index (χ0) is 14.2. The van der Waals surface area contributed by atoms with Crippen molar-refractivity contribution in [3.8, 4) is 0 Å². The molecule has 1 aliphatic heterocycles. The van der Waals surface area contributed by atoms with Crippen LogP contribution >= 0.6 is 15.9 Å². The molecule has 0 radical (unpaired) electrons. The average molecular weight is 339 g/mol. The molecule has 4 heteroatoms. The number of benzene rings is 1. The summed E-state index contributed by atoms with van der Waals surface area (Å²) in [5, 5.41) is 10.8. The van der Waals surface area contributed by atoms with Crippen molar-refractivity contribution >= 4 is 21.6 Å². The maximum absolute atomic E-state index is 10.8. The monoisotopic (exact) mass is 338 g/mol. The molecule has 0 bridgehead atoms. The highest BCUT2D eigenvalue weighted by Crippen LogP contribution is 2.41. The van der Waals surface area contributed by atoms with Gasteiger partial charge in [0, 0.05) is 35.7 Å². The van der Waals surface area contributed by atoms with Crippen molar-refractivity contribution < 1.29 is 5.11 Å². The lowest BCUT2D eigenvalue weighted by atomic mass is 9.71.